The summed E-state index contributed by atoms with van der Waals surface area (Å²) in [7, 11) is 0. The average Bonchev–Trinajstić information content (AvgIpc) is 3.13. The number of pyridine rings is 2. The highest BCUT2D eigenvalue weighted by Crippen LogP contribution is 2.33. The van der Waals surface area contributed by atoms with Crippen LogP contribution in [-0.2, 0) is 25.9 Å². The summed E-state index contributed by atoms with van der Waals surface area (Å²) in [6.07, 6.45) is 16.0. The summed E-state index contributed by atoms with van der Waals surface area (Å²) in [5, 5.41) is 10.6. The highest BCUT2D eigenvalue weighted by atomic mass is 15.0. The lowest BCUT2D eigenvalue weighted by Gasteiger charge is -2.37. The summed E-state index contributed by atoms with van der Waals surface area (Å²) in [4.78, 5) is 0. The van der Waals surface area contributed by atoms with Crippen LogP contribution in [0.3, 0.4) is 0 Å². The van der Waals surface area contributed by atoms with Gasteiger partial charge in [0.1, 0.15) is 13.1 Å². The van der Waals surface area contributed by atoms with Gasteiger partial charge in [0.25, 0.3) is 0 Å². The van der Waals surface area contributed by atoms with E-state index in [1.165, 1.54) is 76.4 Å². The number of hydrogen-bond acceptors (Lipinski definition) is 2. The molecule has 1 aliphatic heterocycles. The lowest BCUT2D eigenvalue weighted by Crippen LogP contribution is -2.44. The van der Waals surface area contributed by atoms with E-state index in [1.54, 1.807) is 0 Å². The Morgan fingerprint density at radius 2 is 0.979 bits per heavy atom. The molecule has 0 spiro atoms. The zero-order chi connectivity index (χ0) is 32.4. The molecule has 1 aliphatic rings. The molecule has 2 aromatic heterocycles. The van der Waals surface area contributed by atoms with Crippen molar-refractivity contribution in [2.24, 2.45) is 0 Å². The lowest BCUT2D eigenvalue weighted by atomic mass is 9.80. The highest BCUT2D eigenvalue weighted by Gasteiger charge is 2.32. The zero-order valence-electron chi connectivity index (χ0n) is 28.3. The smallest absolute Gasteiger partial charge is 0.214 e. The summed E-state index contributed by atoms with van der Waals surface area (Å²) in [5.74, 6) is 0. The van der Waals surface area contributed by atoms with Crippen LogP contribution in [0.1, 0.15) is 62.5 Å². The normalized spacial score (nSPS) is 16.1. The third-order valence-electron chi connectivity index (χ3n) is 10.2. The van der Waals surface area contributed by atoms with E-state index in [1.807, 2.05) is 0 Å². The standard InChI is InChI=1S/C44H48N4/c1-2-16-30-48-33-27-41(39-23-11-13-25-43(39)48)46-44(34-36-18-6-3-7-19-36,35-37-20-8-4-9-21-37)28-14-5-17-31-47-32-26-40(45-29-15-1)38-22-10-12-24-42(38)47/h3-4,6-13,18-27,32-33H,1-2,5,14-17,28-31,34-35H2/p+2. The molecule has 244 valence electrons. The predicted octanol–water partition coefficient (Wildman–Crippen LogP) is 9.45. The molecule has 4 aromatic carbocycles. The number of benzene rings is 4. The van der Waals surface area contributed by atoms with Crippen molar-refractivity contribution in [2.75, 3.05) is 17.2 Å². The number of fused-ring (bicyclic) bond motifs is 12. The minimum absolute atomic E-state index is 0.137. The van der Waals surface area contributed by atoms with E-state index in [2.05, 4.69) is 153 Å². The third-order valence-corrected chi connectivity index (χ3v) is 10.2. The first kappa shape index (κ1) is 31.9. The zero-order valence-corrected chi connectivity index (χ0v) is 28.3. The van der Waals surface area contributed by atoms with Crippen LogP contribution in [0.2, 0.25) is 0 Å². The van der Waals surface area contributed by atoms with Gasteiger partial charge in [-0.2, -0.15) is 9.13 Å². The third kappa shape index (κ3) is 7.71. The number of aromatic nitrogens is 2. The van der Waals surface area contributed by atoms with Gasteiger partial charge in [-0.1, -0.05) is 97.8 Å². The van der Waals surface area contributed by atoms with E-state index in [9.17, 15) is 0 Å². The molecule has 0 aliphatic carbocycles. The Kier molecular flexibility index (Phi) is 10.3. The Hall–Kier alpha value is -4.70. The van der Waals surface area contributed by atoms with Gasteiger partial charge in [-0.05, 0) is 61.8 Å². The van der Waals surface area contributed by atoms with Gasteiger partial charge >= 0.3 is 0 Å². The number of nitrogens with zero attached hydrogens (tertiary/aromatic N) is 2. The first-order valence-electron chi connectivity index (χ1n) is 18.2. The van der Waals surface area contributed by atoms with E-state index in [4.69, 9.17) is 0 Å². The largest absolute Gasteiger partial charge is 0.384 e. The molecule has 0 radical (unpaired) electrons. The Bertz CT molecular complexity index is 1880. The van der Waals surface area contributed by atoms with Gasteiger partial charge in [-0.15, -0.1) is 0 Å². The van der Waals surface area contributed by atoms with Crippen molar-refractivity contribution >= 4 is 33.2 Å². The Morgan fingerprint density at radius 1 is 0.479 bits per heavy atom. The van der Waals surface area contributed by atoms with E-state index >= 15 is 0 Å². The summed E-state index contributed by atoms with van der Waals surface area (Å²) >= 11 is 0. The molecule has 7 rings (SSSR count). The van der Waals surface area contributed by atoms with E-state index in [0.29, 0.717) is 0 Å². The van der Waals surface area contributed by atoms with E-state index in [0.717, 1.165) is 51.7 Å². The van der Waals surface area contributed by atoms with Gasteiger partial charge in [0, 0.05) is 49.2 Å². The van der Waals surface area contributed by atoms with Gasteiger partial charge in [-0.3, -0.25) is 0 Å². The molecular weight excluding hydrogens is 585 g/mol. The van der Waals surface area contributed by atoms with Gasteiger partial charge in [0.2, 0.25) is 11.0 Å². The maximum Gasteiger partial charge on any atom is 0.214 e. The lowest BCUT2D eigenvalue weighted by molar-refractivity contribution is -0.672. The summed E-state index contributed by atoms with van der Waals surface area (Å²) in [5.41, 5.74) is 7.75. The number of nitrogens with one attached hydrogen (secondary N) is 2. The van der Waals surface area contributed by atoms with Gasteiger partial charge in [0.15, 0.2) is 12.4 Å². The predicted molar refractivity (Wildman–Crippen MR) is 200 cm³/mol. The molecule has 4 heteroatoms. The Balaban J connectivity index is 1.24. The topological polar surface area (TPSA) is 31.8 Å². The molecule has 0 unspecified atom stereocenters. The summed E-state index contributed by atoms with van der Waals surface area (Å²) in [6, 6.07) is 44.7. The molecule has 48 heavy (non-hydrogen) atoms. The van der Waals surface area contributed by atoms with Crippen LogP contribution < -0.4 is 19.8 Å². The minimum atomic E-state index is -0.137. The molecule has 0 saturated carbocycles. The number of aryl methyl sites for hydroxylation is 2. The number of anilines is 2. The molecule has 2 N–H and O–H groups in total. The van der Waals surface area contributed by atoms with Crippen LogP contribution >= 0.6 is 0 Å². The fourth-order valence-electron chi connectivity index (χ4n) is 7.78. The monoisotopic (exact) mass is 634 g/mol. The SMILES string of the molecule is c1ccc(CC2(Cc3ccccc3)CCCCC[n+]3ccc(c4ccccc43)NCCCCCC[n+]3ccc(c4ccccc43)N2)cc1. The highest BCUT2D eigenvalue weighted by molar-refractivity contribution is 5.90. The van der Waals surface area contributed by atoms with Gasteiger partial charge < -0.3 is 10.6 Å². The number of para-hydroxylation sites is 2. The summed E-state index contributed by atoms with van der Waals surface area (Å²) < 4.78 is 4.92. The fourth-order valence-corrected chi connectivity index (χ4v) is 7.78. The molecular formula is C44H50N4+2. The first-order valence-corrected chi connectivity index (χ1v) is 18.2. The van der Waals surface area contributed by atoms with Crippen molar-refractivity contribution in [1.82, 2.24) is 0 Å². The van der Waals surface area contributed by atoms with Crippen LogP contribution in [0.5, 0.6) is 0 Å². The Morgan fingerprint density at radius 3 is 1.60 bits per heavy atom. The Labute approximate surface area is 286 Å². The van der Waals surface area contributed by atoms with Crippen LogP contribution in [-0.4, -0.2) is 12.1 Å². The van der Waals surface area contributed by atoms with E-state index < -0.39 is 0 Å². The van der Waals surface area contributed by atoms with Crippen LogP contribution in [0, 0.1) is 0 Å². The molecule has 0 amide bonds. The van der Waals surface area contributed by atoms with Crippen molar-refractivity contribution in [3.05, 3.63) is 145 Å². The molecule has 4 nitrogen and oxygen atoms in total. The van der Waals surface area contributed by atoms with Crippen LogP contribution in [0.15, 0.2) is 134 Å². The van der Waals surface area contributed by atoms with Gasteiger partial charge in [-0.25, -0.2) is 0 Å². The van der Waals surface area contributed by atoms with Crippen molar-refractivity contribution in [1.29, 1.82) is 0 Å². The fraction of sp³-hybridized carbons (Fsp3) is 0.318. The van der Waals surface area contributed by atoms with Crippen molar-refractivity contribution in [3.8, 4) is 0 Å². The molecule has 4 bridgehead atoms. The number of rotatable bonds is 4. The second-order valence-electron chi connectivity index (χ2n) is 13.8. The van der Waals surface area contributed by atoms with Crippen molar-refractivity contribution in [3.63, 3.8) is 0 Å². The van der Waals surface area contributed by atoms with Crippen LogP contribution in [0.25, 0.3) is 21.8 Å². The van der Waals surface area contributed by atoms with Gasteiger partial charge in [0.05, 0.1) is 22.1 Å². The van der Waals surface area contributed by atoms with Crippen molar-refractivity contribution in [2.45, 2.75) is 82.8 Å². The maximum absolute atomic E-state index is 4.26. The molecule has 3 heterocycles. The minimum Gasteiger partial charge on any atom is -0.384 e. The molecule has 6 aromatic rings. The molecule has 0 saturated heterocycles. The quantitative estimate of drug-likeness (QED) is 0.189. The second-order valence-corrected chi connectivity index (χ2v) is 13.8. The molecule has 0 fully saturated rings. The average molecular weight is 635 g/mol. The van der Waals surface area contributed by atoms with Crippen molar-refractivity contribution < 1.29 is 9.13 Å². The first-order chi connectivity index (χ1) is 23.8. The second kappa shape index (κ2) is 15.5. The number of hydrogen-bond donors (Lipinski definition) is 2. The summed E-state index contributed by atoms with van der Waals surface area (Å²) in [6.45, 7) is 3.08. The maximum atomic E-state index is 4.26. The molecule has 0 atom stereocenters. The van der Waals surface area contributed by atoms with Crippen LogP contribution in [0.4, 0.5) is 11.4 Å². The van der Waals surface area contributed by atoms with E-state index in [-0.39, 0.29) is 5.54 Å².